The molecule has 0 aliphatic carbocycles. The largest absolute Gasteiger partial charge is 0.485 e. The maximum atomic E-state index is 11.8. The molecule has 0 saturated heterocycles. The van der Waals surface area contributed by atoms with Crippen LogP contribution in [0.1, 0.15) is 19.8 Å². The second kappa shape index (κ2) is 7.52. The van der Waals surface area contributed by atoms with E-state index in [1.807, 2.05) is 13.0 Å². The highest BCUT2D eigenvalue weighted by molar-refractivity contribution is 5.82. The van der Waals surface area contributed by atoms with Gasteiger partial charge in [0, 0.05) is 6.54 Å². The molecule has 0 unspecified atom stereocenters. The molecule has 6 nitrogen and oxygen atoms in total. The predicted octanol–water partition coefficient (Wildman–Crippen LogP) is 1.29. The topological polar surface area (TPSA) is 73.9 Å². The highest BCUT2D eigenvalue weighted by atomic mass is 16.6. The van der Waals surface area contributed by atoms with E-state index in [2.05, 4.69) is 5.32 Å². The fourth-order valence-corrected chi connectivity index (χ4v) is 1.82. The number of hydrogen-bond acceptors (Lipinski definition) is 5. The molecule has 1 aromatic rings. The molecule has 1 heterocycles. The van der Waals surface area contributed by atoms with Gasteiger partial charge in [-0.15, -0.1) is 0 Å². The molecule has 1 aliphatic rings. The van der Waals surface area contributed by atoms with Gasteiger partial charge in [-0.25, -0.2) is 4.79 Å². The summed E-state index contributed by atoms with van der Waals surface area (Å²) < 4.78 is 15.8. The number of esters is 1. The molecule has 1 atom stereocenters. The van der Waals surface area contributed by atoms with Crippen LogP contribution in [0.25, 0.3) is 0 Å². The highest BCUT2D eigenvalue weighted by Gasteiger charge is 2.28. The van der Waals surface area contributed by atoms with Crippen LogP contribution < -0.4 is 14.8 Å². The third-order valence-corrected chi connectivity index (χ3v) is 2.97. The molecule has 0 spiro atoms. The van der Waals surface area contributed by atoms with Crippen molar-refractivity contribution in [2.24, 2.45) is 0 Å². The number of unbranched alkanes of at least 4 members (excludes halogenated alkanes) is 1. The zero-order valence-electron chi connectivity index (χ0n) is 12.0. The van der Waals surface area contributed by atoms with E-state index in [0.29, 0.717) is 18.0 Å². The molecule has 6 heteroatoms. The van der Waals surface area contributed by atoms with Crippen molar-refractivity contribution in [2.45, 2.75) is 25.9 Å². The Labute approximate surface area is 123 Å². The number of para-hydroxylation sites is 2. The molecule has 2 rings (SSSR count). The van der Waals surface area contributed by atoms with Gasteiger partial charge in [0.2, 0.25) is 6.10 Å². The third-order valence-electron chi connectivity index (χ3n) is 2.97. The predicted molar refractivity (Wildman–Crippen MR) is 75.2 cm³/mol. The van der Waals surface area contributed by atoms with Crippen LogP contribution in [0.5, 0.6) is 11.5 Å². The summed E-state index contributed by atoms with van der Waals surface area (Å²) in [5.41, 5.74) is 0. The SMILES string of the molecule is CCCCNC(=O)COC(=O)[C@@H]1COc2ccccc2O1. The van der Waals surface area contributed by atoms with Gasteiger partial charge in [-0.05, 0) is 18.6 Å². The number of carbonyl (C=O) groups excluding carboxylic acids is 2. The molecular formula is C15H19NO5. The monoisotopic (exact) mass is 293 g/mol. The maximum Gasteiger partial charge on any atom is 0.351 e. The molecule has 1 amide bonds. The maximum absolute atomic E-state index is 11.8. The Morgan fingerprint density at radius 3 is 2.86 bits per heavy atom. The Bertz CT molecular complexity index is 503. The summed E-state index contributed by atoms with van der Waals surface area (Å²) in [5, 5.41) is 2.67. The summed E-state index contributed by atoms with van der Waals surface area (Å²) in [6.45, 7) is 2.39. The van der Waals surface area contributed by atoms with E-state index in [-0.39, 0.29) is 19.1 Å². The van der Waals surface area contributed by atoms with Gasteiger partial charge in [0.15, 0.2) is 18.1 Å². The summed E-state index contributed by atoms with van der Waals surface area (Å²) in [5.74, 6) is 0.182. The van der Waals surface area contributed by atoms with E-state index in [1.54, 1.807) is 18.2 Å². The summed E-state index contributed by atoms with van der Waals surface area (Å²) in [6.07, 6.45) is 1.05. The molecular weight excluding hydrogens is 274 g/mol. The molecule has 1 N–H and O–H groups in total. The van der Waals surface area contributed by atoms with Crippen LogP contribution in [0.4, 0.5) is 0 Å². The van der Waals surface area contributed by atoms with Gasteiger partial charge >= 0.3 is 5.97 Å². The normalized spacial score (nSPS) is 16.1. The first-order valence-corrected chi connectivity index (χ1v) is 7.02. The molecule has 0 saturated carbocycles. The average Bonchev–Trinajstić information content (AvgIpc) is 2.52. The van der Waals surface area contributed by atoms with Crippen molar-refractivity contribution in [3.63, 3.8) is 0 Å². The number of nitrogens with one attached hydrogen (secondary N) is 1. The van der Waals surface area contributed by atoms with Gasteiger partial charge < -0.3 is 19.5 Å². The lowest BCUT2D eigenvalue weighted by atomic mass is 10.2. The van der Waals surface area contributed by atoms with E-state index in [9.17, 15) is 9.59 Å². The summed E-state index contributed by atoms with van der Waals surface area (Å²) >= 11 is 0. The van der Waals surface area contributed by atoms with Crippen LogP contribution in [0.2, 0.25) is 0 Å². The molecule has 0 aromatic heterocycles. The Kier molecular flexibility index (Phi) is 5.43. The van der Waals surface area contributed by atoms with Crippen molar-refractivity contribution in [1.29, 1.82) is 0 Å². The van der Waals surface area contributed by atoms with Crippen LogP contribution in [0, 0.1) is 0 Å². The third kappa shape index (κ3) is 4.37. The molecule has 0 bridgehead atoms. The van der Waals surface area contributed by atoms with Crippen LogP contribution in [-0.4, -0.2) is 37.7 Å². The van der Waals surface area contributed by atoms with E-state index in [1.165, 1.54) is 0 Å². The first-order chi connectivity index (χ1) is 10.2. The second-order valence-electron chi connectivity index (χ2n) is 4.68. The number of amides is 1. The lowest BCUT2D eigenvalue weighted by Crippen LogP contribution is -2.39. The number of hydrogen-bond donors (Lipinski definition) is 1. The lowest BCUT2D eigenvalue weighted by Gasteiger charge is -2.24. The van der Waals surface area contributed by atoms with Crippen molar-refractivity contribution in [3.8, 4) is 11.5 Å². The summed E-state index contributed by atoms with van der Waals surface area (Å²) in [7, 11) is 0. The number of benzene rings is 1. The van der Waals surface area contributed by atoms with Crippen LogP contribution in [-0.2, 0) is 14.3 Å². The summed E-state index contributed by atoms with van der Waals surface area (Å²) in [6, 6.07) is 7.09. The zero-order valence-corrected chi connectivity index (χ0v) is 12.0. The van der Waals surface area contributed by atoms with Gasteiger partial charge in [-0.2, -0.15) is 0 Å². The summed E-state index contributed by atoms with van der Waals surface area (Å²) in [4.78, 5) is 23.3. The van der Waals surface area contributed by atoms with E-state index >= 15 is 0 Å². The quantitative estimate of drug-likeness (QED) is 0.632. The fourth-order valence-electron chi connectivity index (χ4n) is 1.82. The molecule has 114 valence electrons. The molecule has 0 radical (unpaired) electrons. The molecule has 1 aromatic carbocycles. The first kappa shape index (κ1) is 15.2. The van der Waals surface area contributed by atoms with Gasteiger partial charge in [-0.1, -0.05) is 25.5 Å². The Hall–Kier alpha value is -2.24. The Morgan fingerprint density at radius 1 is 1.33 bits per heavy atom. The van der Waals surface area contributed by atoms with Gasteiger partial charge in [0.1, 0.15) is 6.61 Å². The first-order valence-electron chi connectivity index (χ1n) is 7.02. The van der Waals surface area contributed by atoms with Crippen molar-refractivity contribution >= 4 is 11.9 Å². The minimum Gasteiger partial charge on any atom is -0.485 e. The minimum atomic E-state index is -0.844. The number of rotatable bonds is 6. The van der Waals surface area contributed by atoms with Gasteiger partial charge in [0.25, 0.3) is 5.91 Å². The van der Waals surface area contributed by atoms with Crippen LogP contribution in [0.15, 0.2) is 24.3 Å². The van der Waals surface area contributed by atoms with Crippen LogP contribution >= 0.6 is 0 Å². The second-order valence-corrected chi connectivity index (χ2v) is 4.68. The van der Waals surface area contributed by atoms with Crippen molar-refractivity contribution in [3.05, 3.63) is 24.3 Å². The smallest absolute Gasteiger partial charge is 0.351 e. The van der Waals surface area contributed by atoms with Crippen molar-refractivity contribution in [2.75, 3.05) is 19.8 Å². The number of fused-ring (bicyclic) bond motifs is 1. The van der Waals surface area contributed by atoms with E-state index in [0.717, 1.165) is 12.8 Å². The van der Waals surface area contributed by atoms with E-state index < -0.39 is 12.1 Å². The fraction of sp³-hybridized carbons (Fsp3) is 0.467. The number of carbonyl (C=O) groups is 2. The molecule has 0 fully saturated rings. The molecule has 21 heavy (non-hydrogen) atoms. The van der Waals surface area contributed by atoms with E-state index in [4.69, 9.17) is 14.2 Å². The lowest BCUT2D eigenvalue weighted by molar-refractivity contribution is -0.157. The zero-order chi connectivity index (χ0) is 15.1. The van der Waals surface area contributed by atoms with Crippen molar-refractivity contribution in [1.82, 2.24) is 5.32 Å². The standard InChI is InChI=1S/C15H19NO5/c1-2-3-8-16-14(17)10-20-15(18)13-9-19-11-6-4-5-7-12(11)21-13/h4-7,13H,2-3,8-10H2,1H3,(H,16,17)/t13-/m0/s1. The van der Waals surface area contributed by atoms with Crippen molar-refractivity contribution < 1.29 is 23.8 Å². The average molecular weight is 293 g/mol. The van der Waals surface area contributed by atoms with Gasteiger partial charge in [-0.3, -0.25) is 4.79 Å². The van der Waals surface area contributed by atoms with Crippen LogP contribution in [0.3, 0.4) is 0 Å². The Morgan fingerprint density at radius 2 is 2.10 bits per heavy atom. The van der Waals surface area contributed by atoms with Gasteiger partial charge in [0.05, 0.1) is 0 Å². The Balaban J connectivity index is 1.76. The highest BCUT2D eigenvalue weighted by Crippen LogP contribution is 2.30. The number of ether oxygens (including phenoxy) is 3. The molecule has 1 aliphatic heterocycles. The minimum absolute atomic E-state index is 0.0767.